The number of carbonyl (C=O) groups is 1. The highest BCUT2D eigenvalue weighted by molar-refractivity contribution is 7.85. The molecule has 46 heavy (non-hydrogen) atoms. The maximum absolute atomic E-state index is 12.1. The third-order valence-electron chi connectivity index (χ3n) is 9.77. The van der Waals surface area contributed by atoms with Gasteiger partial charge in [-0.25, -0.2) is 0 Å². The van der Waals surface area contributed by atoms with Crippen LogP contribution in [0, 0.1) is 20.8 Å². The first-order valence-corrected chi connectivity index (χ1v) is 17.2. The van der Waals surface area contributed by atoms with Gasteiger partial charge in [-0.1, -0.05) is 0 Å². The van der Waals surface area contributed by atoms with E-state index in [0.29, 0.717) is 78.2 Å². The zero-order valence-corrected chi connectivity index (χ0v) is 28.6. The van der Waals surface area contributed by atoms with Crippen molar-refractivity contribution in [1.82, 2.24) is 4.90 Å². The molecule has 4 unspecified atom stereocenters. The van der Waals surface area contributed by atoms with Crippen molar-refractivity contribution < 1.29 is 52.4 Å². The average molecular weight is 666 g/mol. The van der Waals surface area contributed by atoms with Crippen molar-refractivity contribution in [2.45, 2.75) is 76.5 Å². The lowest BCUT2D eigenvalue weighted by Gasteiger charge is -2.40. The summed E-state index contributed by atoms with van der Waals surface area (Å²) in [6.45, 7) is 9.49. The molecule has 2 N–H and O–H groups in total. The summed E-state index contributed by atoms with van der Waals surface area (Å²) in [5, 5.41) is 24.9. The van der Waals surface area contributed by atoms with E-state index in [2.05, 4.69) is 4.90 Å². The van der Waals surface area contributed by atoms with Crippen molar-refractivity contribution >= 4 is 27.9 Å². The molecule has 3 fully saturated rings. The van der Waals surface area contributed by atoms with Crippen LogP contribution in [0.1, 0.15) is 42.0 Å². The van der Waals surface area contributed by atoms with Crippen molar-refractivity contribution in [3.63, 3.8) is 0 Å². The van der Waals surface area contributed by atoms with Crippen LogP contribution in [0.5, 0.6) is 17.2 Å². The van der Waals surface area contributed by atoms with Crippen molar-refractivity contribution in [2.75, 3.05) is 65.7 Å². The van der Waals surface area contributed by atoms with Crippen LogP contribution in [-0.4, -0.2) is 121 Å². The van der Waals surface area contributed by atoms with E-state index in [1.165, 1.54) is 14.2 Å². The first-order valence-electron chi connectivity index (χ1n) is 15.7. The molecule has 0 saturated carbocycles. The minimum Gasteiger partial charge on any atom is -0.507 e. The van der Waals surface area contributed by atoms with Crippen molar-refractivity contribution in [2.24, 2.45) is 0 Å². The highest BCUT2D eigenvalue weighted by atomic mass is 32.2. The minimum absolute atomic E-state index is 0.0192. The molecule has 5 rings (SSSR count). The summed E-state index contributed by atoms with van der Waals surface area (Å²) in [7, 11) is 3.57. The van der Waals surface area contributed by atoms with E-state index in [-0.39, 0.29) is 19.0 Å². The van der Waals surface area contributed by atoms with E-state index >= 15 is 0 Å². The summed E-state index contributed by atoms with van der Waals surface area (Å²) in [6.07, 6.45) is 0.296. The summed E-state index contributed by atoms with van der Waals surface area (Å²) in [4.78, 5) is 13.2. The molecular formula is C33H47NO11S. The number of fused-ring (bicyclic) bond motifs is 1. The molecule has 3 aliphatic heterocycles. The molecule has 3 aliphatic rings. The van der Waals surface area contributed by atoms with Crippen molar-refractivity contribution in [3.8, 4) is 17.2 Å². The first kappa shape index (κ1) is 35.0. The summed E-state index contributed by atoms with van der Waals surface area (Å²) < 4.78 is 54.9. The number of aromatic hydroxyl groups is 1. The van der Waals surface area contributed by atoms with E-state index in [1.807, 2.05) is 26.8 Å². The molecule has 0 radical (unpaired) electrons. The van der Waals surface area contributed by atoms with Gasteiger partial charge in [0, 0.05) is 73.5 Å². The molecule has 13 heteroatoms. The van der Waals surface area contributed by atoms with Crippen molar-refractivity contribution in [1.29, 1.82) is 0 Å². The molecule has 2 aromatic rings. The molecule has 0 aliphatic carbocycles. The molecule has 0 aromatic heterocycles. The fourth-order valence-electron chi connectivity index (χ4n) is 6.96. The molecule has 0 bridgehead atoms. The largest absolute Gasteiger partial charge is 0.507 e. The second-order valence-electron chi connectivity index (χ2n) is 12.3. The Labute approximate surface area is 272 Å². The lowest BCUT2D eigenvalue weighted by Crippen LogP contribution is -2.64. The minimum atomic E-state index is -2.10. The Bertz CT molecular complexity index is 1470. The predicted octanol–water partition coefficient (Wildman–Crippen LogP) is 2.65. The predicted molar refractivity (Wildman–Crippen MR) is 171 cm³/mol. The first-order chi connectivity index (χ1) is 21.9. The number of rotatable bonds is 14. The topological polar surface area (TPSA) is 146 Å². The third kappa shape index (κ3) is 5.62. The van der Waals surface area contributed by atoms with Crippen LogP contribution in [0.25, 0.3) is 10.8 Å². The molecule has 3 saturated heterocycles. The van der Waals surface area contributed by atoms with Gasteiger partial charge in [-0.2, -0.15) is 0 Å². The Kier molecular flexibility index (Phi) is 10.4. The van der Waals surface area contributed by atoms with E-state index in [9.17, 15) is 19.2 Å². The number of aryl methyl sites for hydroxylation is 1. The number of epoxide rings is 1. The van der Waals surface area contributed by atoms with Gasteiger partial charge in [-0.05, 0) is 63.3 Å². The van der Waals surface area contributed by atoms with E-state index in [1.54, 1.807) is 14.0 Å². The number of unbranched alkanes of at least 4 members (excludes halogenated alkanes) is 1. The fraction of sp³-hybridized carbons (Fsp3) is 0.667. The van der Waals surface area contributed by atoms with Gasteiger partial charge in [0.05, 0.1) is 25.7 Å². The lowest BCUT2D eigenvalue weighted by molar-refractivity contribution is -0.334. The van der Waals surface area contributed by atoms with Gasteiger partial charge in [-0.15, -0.1) is 0 Å². The number of nitrogens with zero attached hydrogens (tertiary/aromatic N) is 1. The van der Waals surface area contributed by atoms with Crippen LogP contribution in [0.15, 0.2) is 6.07 Å². The summed E-state index contributed by atoms with van der Waals surface area (Å²) in [5.74, 6) is -1.67. The molecule has 4 atom stereocenters. The normalized spacial score (nSPS) is 28.4. The molecular weight excluding hydrogens is 618 g/mol. The number of carbonyl (C=O) groups excluding carboxylic acids is 1. The number of hydrogen-bond donors (Lipinski definition) is 2. The van der Waals surface area contributed by atoms with E-state index in [0.717, 1.165) is 23.0 Å². The number of ether oxygens (including phenoxy) is 7. The second kappa shape index (κ2) is 13.6. The highest BCUT2D eigenvalue weighted by Gasteiger charge is 2.86. The van der Waals surface area contributed by atoms with Crippen molar-refractivity contribution in [3.05, 3.63) is 28.3 Å². The maximum Gasteiger partial charge on any atom is 0.274 e. The Morgan fingerprint density at radius 1 is 1.13 bits per heavy atom. The standard InChI is InChI=1S/C33H47NO11S/c1-20-18-25-26(27(36)22(3)24(29(25)39-5)10-8-9-14-35)28(21(20)2)45-33(42-15-11-34-12-16-46(38)17-13-34)23(4)44-32(37,30(40-6)41-7)31(33)19-43-31/h14,18,23,30,36-37H,8-13,15-17,19H2,1-7H3. The van der Waals surface area contributed by atoms with Gasteiger partial charge in [0.25, 0.3) is 11.6 Å². The van der Waals surface area contributed by atoms with Crippen LogP contribution in [0.2, 0.25) is 0 Å². The van der Waals surface area contributed by atoms with Crippen LogP contribution >= 0.6 is 0 Å². The van der Waals surface area contributed by atoms with E-state index in [4.69, 9.17) is 33.2 Å². The Morgan fingerprint density at radius 2 is 1.80 bits per heavy atom. The molecule has 3 heterocycles. The zero-order chi connectivity index (χ0) is 33.4. The quantitative estimate of drug-likeness (QED) is 0.132. The Hall–Kier alpha value is -2.36. The fourth-order valence-corrected chi connectivity index (χ4v) is 8.08. The van der Waals surface area contributed by atoms with Crippen LogP contribution in [0.4, 0.5) is 0 Å². The maximum atomic E-state index is 12.1. The third-order valence-corrected chi connectivity index (χ3v) is 11.0. The summed E-state index contributed by atoms with van der Waals surface area (Å²) in [6, 6.07) is 1.95. The molecule has 256 valence electrons. The monoisotopic (exact) mass is 665 g/mol. The molecule has 1 spiro atoms. The van der Waals surface area contributed by atoms with Gasteiger partial charge < -0.3 is 48.2 Å². The number of methoxy groups -OCH3 is 3. The second-order valence-corrected chi connectivity index (χ2v) is 14.0. The number of aliphatic hydroxyl groups is 1. The van der Waals surface area contributed by atoms with Gasteiger partial charge in [0.15, 0.2) is 0 Å². The van der Waals surface area contributed by atoms with Gasteiger partial charge in [0.2, 0.25) is 11.9 Å². The number of hydrogen-bond acceptors (Lipinski definition) is 12. The lowest BCUT2D eigenvalue weighted by atomic mass is 9.88. The van der Waals surface area contributed by atoms with Crippen LogP contribution in [0.3, 0.4) is 0 Å². The SMILES string of the molecule is COc1c(CCCC=O)c(C)c(O)c2c(OC3(OCCN4CCS(=O)CC4)C(C)OC(O)(C(OC)OC)C34CO4)c(C)c(C)cc12. The molecule has 12 nitrogen and oxygen atoms in total. The Balaban J connectivity index is 1.64. The van der Waals surface area contributed by atoms with Gasteiger partial charge in [-0.3, -0.25) is 9.11 Å². The summed E-state index contributed by atoms with van der Waals surface area (Å²) >= 11 is 0. The number of phenols is 1. The number of aldehydes is 1. The zero-order valence-electron chi connectivity index (χ0n) is 27.8. The van der Waals surface area contributed by atoms with E-state index < -0.39 is 40.4 Å². The smallest absolute Gasteiger partial charge is 0.274 e. The highest BCUT2D eigenvalue weighted by Crippen LogP contribution is 2.60. The molecule has 0 amide bonds. The van der Waals surface area contributed by atoms with Gasteiger partial charge >= 0.3 is 0 Å². The van der Waals surface area contributed by atoms with Gasteiger partial charge in [0.1, 0.15) is 29.6 Å². The van der Waals surface area contributed by atoms with Crippen LogP contribution in [-0.2, 0) is 45.7 Å². The summed E-state index contributed by atoms with van der Waals surface area (Å²) in [5.41, 5.74) is 1.50. The molecule has 2 aromatic carbocycles. The number of phenolic OH excluding ortho intramolecular Hbond substituents is 1. The Morgan fingerprint density at radius 3 is 2.39 bits per heavy atom. The number of benzene rings is 2. The average Bonchev–Trinajstić information content (AvgIpc) is 3.83. The van der Waals surface area contributed by atoms with Crippen LogP contribution < -0.4 is 9.47 Å².